The fourth-order valence-electron chi connectivity index (χ4n) is 2.63. The minimum absolute atomic E-state index is 0. The van der Waals surface area contributed by atoms with Crippen molar-refractivity contribution in [2.24, 2.45) is 5.73 Å². The lowest BCUT2D eigenvalue weighted by molar-refractivity contribution is -0.692. The van der Waals surface area contributed by atoms with E-state index >= 15 is 0 Å². The number of pyridine rings is 1. The summed E-state index contributed by atoms with van der Waals surface area (Å²) in [5, 5.41) is 0. The third kappa shape index (κ3) is 11.5. The Morgan fingerprint density at radius 1 is 0.818 bits per heavy atom. The molecule has 0 atom stereocenters. The lowest BCUT2D eigenvalue weighted by Crippen LogP contribution is -3.00. The van der Waals surface area contributed by atoms with Gasteiger partial charge in [0.25, 0.3) is 0 Å². The molecular weight excluding hydrogens is 356 g/mol. The molecule has 0 fully saturated rings. The molecule has 0 saturated carbocycles. The van der Waals surface area contributed by atoms with Gasteiger partial charge in [-0.15, -0.1) is 0 Å². The van der Waals surface area contributed by atoms with E-state index < -0.39 is 0 Å². The molecule has 0 aliphatic rings. The SMILES string of the molecule is NCCCCCCCCCCCc1cc[n+](CCS)cc1.[Br-]. The number of halogens is 1. The highest BCUT2D eigenvalue weighted by atomic mass is 79.9. The van der Waals surface area contributed by atoms with Crippen molar-refractivity contribution in [3.05, 3.63) is 30.1 Å². The summed E-state index contributed by atoms with van der Waals surface area (Å²) < 4.78 is 2.20. The van der Waals surface area contributed by atoms with Crippen LogP contribution < -0.4 is 27.3 Å². The van der Waals surface area contributed by atoms with Crippen molar-refractivity contribution in [3.8, 4) is 0 Å². The highest BCUT2D eigenvalue weighted by Gasteiger charge is 1.99. The van der Waals surface area contributed by atoms with Crippen LogP contribution in [0.25, 0.3) is 0 Å². The second-order valence-electron chi connectivity index (χ2n) is 5.89. The highest BCUT2D eigenvalue weighted by molar-refractivity contribution is 7.80. The topological polar surface area (TPSA) is 29.9 Å². The first-order chi connectivity index (χ1) is 10.4. The summed E-state index contributed by atoms with van der Waals surface area (Å²) in [5.74, 6) is 0.899. The normalized spacial score (nSPS) is 10.5. The van der Waals surface area contributed by atoms with Crippen LogP contribution in [0, 0.1) is 0 Å². The van der Waals surface area contributed by atoms with E-state index in [4.69, 9.17) is 5.73 Å². The van der Waals surface area contributed by atoms with Crippen LogP contribution in [0.3, 0.4) is 0 Å². The molecule has 22 heavy (non-hydrogen) atoms. The Hall–Kier alpha value is -0.0600. The Morgan fingerprint density at radius 3 is 1.82 bits per heavy atom. The van der Waals surface area contributed by atoms with Gasteiger partial charge in [0.05, 0.1) is 0 Å². The zero-order valence-corrected chi connectivity index (χ0v) is 16.3. The van der Waals surface area contributed by atoms with E-state index in [0.717, 1.165) is 18.8 Å². The zero-order chi connectivity index (χ0) is 15.2. The lowest BCUT2D eigenvalue weighted by Gasteiger charge is -2.03. The van der Waals surface area contributed by atoms with E-state index in [-0.39, 0.29) is 17.0 Å². The van der Waals surface area contributed by atoms with Gasteiger partial charge in [-0.2, -0.15) is 12.6 Å². The molecule has 1 aromatic rings. The second kappa shape index (κ2) is 15.8. The number of aromatic nitrogens is 1. The number of hydrogen-bond acceptors (Lipinski definition) is 2. The molecule has 0 amide bonds. The van der Waals surface area contributed by atoms with E-state index in [1.165, 1.54) is 69.8 Å². The van der Waals surface area contributed by atoms with Crippen LogP contribution in [0.4, 0.5) is 0 Å². The molecule has 4 heteroatoms. The standard InChI is InChI=1S/C18H32N2S.BrH/c19-13-9-7-5-3-1-2-4-6-8-10-18-11-14-20(15-12-18)16-17-21;/h11-12,14-15H,1-10,13,16-17,19H2;1H. The molecule has 0 aromatic carbocycles. The first-order valence-electron chi connectivity index (χ1n) is 8.65. The number of nitrogens with zero attached hydrogens (tertiary/aromatic N) is 1. The van der Waals surface area contributed by atoms with Gasteiger partial charge < -0.3 is 22.7 Å². The Kier molecular flexibility index (Phi) is 15.8. The fraction of sp³-hybridized carbons (Fsp3) is 0.722. The Morgan fingerprint density at radius 2 is 1.32 bits per heavy atom. The van der Waals surface area contributed by atoms with Crippen LogP contribution in [0.5, 0.6) is 0 Å². The third-order valence-electron chi connectivity index (χ3n) is 3.99. The Labute approximate surface area is 153 Å². The maximum absolute atomic E-state index is 5.49. The summed E-state index contributed by atoms with van der Waals surface area (Å²) in [6.45, 7) is 1.85. The molecule has 0 unspecified atom stereocenters. The zero-order valence-electron chi connectivity index (χ0n) is 13.9. The minimum Gasteiger partial charge on any atom is -1.00 e. The number of rotatable bonds is 13. The lowest BCUT2D eigenvalue weighted by atomic mass is 10.0. The summed E-state index contributed by atoms with van der Waals surface area (Å²) in [6.07, 6.45) is 17.7. The highest BCUT2D eigenvalue weighted by Crippen LogP contribution is 2.11. The molecule has 0 radical (unpaired) electrons. The smallest absolute Gasteiger partial charge is 0.169 e. The summed E-state index contributed by atoms with van der Waals surface area (Å²) in [6, 6.07) is 4.50. The van der Waals surface area contributed by atoms with Crippen LogP contribution >= 0.6 is 12.6 Å². The second-order valence-corrected chi connectivity index (χ2v) is 6.34. The summed E-state index contributed by atoms with van der Waals surface area (Å²) in [4.78, 5) is 0. The Bertz CT molecular complexity index is 343. The maximum Gasteiger partial charge on any atom is 0.169 e. The van der Waals surface area contributed by atoms with Crippen molar-refractivity contribution in [1.82, 2.24) is 0 Å². The van der Waals surface area contributed by atoms with Gasteiger partial charge in [0.1, 0.15) is 0 Å². The first kappa shape index (κ1) is 21.9. The Balaban J connectivity index is 0.00000441. The van der Waals surface area contributed by atoms with Gasteiger partial charge >= 0.3 is 0 Å². The number of thiol groups is 1. The summed E-state index contributed by atoms with van der Waals surface area (Å²) >= 11 is 4.25. The summed E-state index contributed by atoms with van der Waals surface area (Å²) in [5.41, 5.74) is 6.96. The summed E-state index contributed by atoms with van der Waals surface area (Å²) in [7, 11) is 0. The van der Waals surface area contributed by atoms with Crippen LogP contribution in [-0.2, 0) is 13.0 Å². The average Bonchev–Trinajstić information content (AvgIpc) is 2.51. The number of aryl methyl sites for hydroxylation is 2. The van der Waals surface area contributed by atoms with Crippen LogP contribution in [0.2, 0.25) is 0 Å². The van der Waals surface area contributed by atoms with E-state index in [9.17, 15) is 0 Å². The van der Waals surface area contributed by atoms with Crippen molar-refractivity contribution in [2.45, 2.75) is 70.8 Å². The van der Waals surface area contributed by atoms with E-state index in [1.807, 2.05) is 0 Å². The molecule has 128 valence electrons. The van der Waals surface area contributed by atoms with Crippen LogP contribution in [0.15, 0.2) is 24.5 Å². The average molecular weight is 389 g/mol. The minimum atomic E-state index is 0. The van der Waals surface area contributed by atoms with Gasteiger partial charge in [-0.25, -0.2) is 4.57 Å². The van der Waals surface area contributed by atoms with E-state index in [2.05, 4.69) is 41.7 Å². The van der Waals surface area contributed by atoms with Gasteiger partial charge in [0.15, 0.2) is 18.9 Å². The number of unbranched alkanes of at least 4 members (excludes halogenated alkanes) is 8. The van der Waals surface area contributed by atoms with E-state index in [0.29, 0.717) is 0 Å². The monoisotopic (exact) mass is 388 g/mol. The predicted octanol–water partition coefficient (Wildman–Crippen LogP) is 0.920. The predicted molar refractivity (Wildman–Crippen MR) is 94.8 cm³/mol. The largest absolute Gasteiger partial charge is 1.00 e. The molecule has 0 aliphatic carbocycles. The van der Waals surface area contributed by atoms with Crippen molar-refractivity contribution >= 4 is 12.6 Å². The molecule has 0 saturated heterocycles. The molecule has 0 bridgehead atoms. The molecule has 0 aliphatic heterocycles. The van der Waals surface area contributed by atoms with Gasteiger partial charge in [-0.1, -0.05) is 44.9 Å². The van der Waals surface area contributed by atoms with Gasteiger partial charge in [-0.3, -0.25) is 0 Å². The third-order valence-corrected chi connectivity index (χ3v) is 4.19. The molecule has 1 aromatic heterocycles. The van der Waals surface area contributed by atoms with Gasteiger partial charge in [-0.05, 0) is 31.4 Å². The van der Waals surface area contributed by atoms with Gasteiger partial charge in [0.2, 0.25) is 0 Å². The quantitative estimate of drug-likeness (QED) is 0.293. The maximum atomic E-state index is 5.49. The van der Waals surface area contributed by atoms with Crippen LogP contribution in [-0.4, -0.2) is 12.3 Å². The van der Waals surface area contributed by atoms with Gasteiger partial charge in [0, 0.05) is 17.9 Å². The molecule has 1 rings (SSSR count). The van der Waals surface area contributed by atoms with Crippen molar-refractivity contribution < 1.29 is 21.5 Å². The fourth-order valence-corrected chi connectivity index (χ4v) is 2.86. The molecule has 0 spiro atoms. The van der Waals surface area contributed by atoms with Crippen molar-refractivity contribution in [3.63, 3.8) is 0 Å². The number of nitrogens with two attached hydrogens (primary N) is 1. The van der Waals surface area contributed by atoms with Crippen molar-refractivity contribution in [1.29, 1.82) is 0 Å². The molecular formula is C18H33BrN2S. The number of hydrogen-bond donors (Lipinski definition) is 2. The van der Waals surface area contributed by atoms with E-state index in [1.54, 1.807) is 0 Å². The molecule has 2 nitrogen and oxygen atoms in total. The molecule has 1 heterocycles. The molecule has 2 N–H and O–H groups in total. The van der Waals surface area contributed by atoms with Crippen molar-refractivity contribution in [2.75, 3.05) is 12.3 Å². The van der Waals surface area contributed by atoms with Crippen LogP contribution in [0.1, 0.15) is 63.4 Å². The first-order valence-corrected chi connectivity index (χ1v) is 9.29.